The number of amides is 2. The van der Waals surface area contributed by atoms with E-state index in [0.717, 1.165) is 25.7 Å². The fraction of sp³-hybridized carbons (Fsp3) is 0.435. The lowest BCUT2D eigenvalue weighted by molar-refractivity contribution is 0.0568. The van der Waals surface area contributed by atoms with Gasteiger partial charge in [-0.25, -0.2) is 13.2 Å². The fourth-order valence-electron chi connectivity index (χ4n) is 5.54. The first-order valence-electron chi connectivity index (χ1n) is 10.9. The second kappa shape index (κ2) is 7.93. The number of rotatable bonds is 4. The highest BCUT2D eigenvalue weighted by Gasteiger charge is 2.49. The Balaban J connectivity index is 1.48. The lowest BCUT2D eigenvalue weighted by Gasteiger charge is -2.37. The van der Waals surface area contributed by atoms with Crippen LogP contribution in [-0.2, 0) is 13.1 Å². The topological polar surface area (TPSA) is 80.6 Å². The van der Waals surface area contributed by atoms with E-state index in [-0.39, 0.29) is 35.0 Å². The lowest BCUT2D eigenvalue weighted by Crippen LogP contribution is -2.50. The molecule has 1 aromatic heterocycles. The van der Waals surface area contributed by atoms with Crippen molar-refractivity contribution in [2.75, 3.05) is 7.11 Å². The van der Waals surface area contributed by atoms with Crippen molar-refractivity contribution in [1.82, 2.24) is 14.8 Å². The van der Waals surface area contributed by atoms with Crippen molar-refractivity contribution in [3.63, 3.8) is 0 Å². The summed E-state index contributed by atoms with van der Waals surface area (Å²) in [5.41, 5.74) is -1.51. The molecule has 0 spiro atoms. The van der Waals surface area contributed by atoms with E-state index < -0.39 is 40.9 Å². The van der Waals surface area contributed by atoms with Gasteiger partial charge in [0.15, 0.2) is 11.4 Å². The normalized spacial score (nSPS) is 23.2. The van der Waals surface area contributed by atoms with Crippen LogP contribution in [0.15, 0.2) is 23.1 Å². The second-order valence-corrected chi connectivity index (χ2v) is 8.80. The van der Waals surface area contributed by atoms with Crippen LogP contribution in [0.5, 0.6) is 5.75 Å². The van der Waals surface area contributed by atoms with Crippen LogP contribution >= 0.6 is 0 Å². The van der Waals surface area contributed by atoms with Crippen LogP contribution in [0.25, 0.3) is 0 Å². The molecule has 3 unspecified atom stereocenters. The Bertz CT molecular complexity index is 1210. The molecule has 2 amide bonds. The summed E-state index contributed by atoms with van der Waals surface area (Å²) in [7, 11) is 1.25. The predicted molar refractivity (Wildman–Crippen MR) is 110 cm³/mol. The lowest BCUT2D eigenvalue weighted by atomic mass is 9.87. The molecule has 2 aromatic rings. The maximum atomic E-state index is 13.9. The SMILES string of the molecule is COc1c2n(cc(C(=O)NCc3c(F)cc(F)cc3F)c1=O)CC1C3CCCC(C3)N1C2=O. The van der Waals surface area contributed by atoms with E-state index in [1.165, 1.54) is 13.3 Å². The summed E-state index contributed by atoms with van der Waals surface area (Å²) in [6, 6.07) is 1.16. The first-order valence-corrected chi connectivity index (χ1v) is 10.9. The zero-order chi connectivity index (χ0) is 23.4. The van der Waals surface area contributed by atoms with E-state index in [1.807, 2.05) is 4.90 Å². The number of carbonyl (C=O) groups is 2. The van der Waals surface area contributed by atoms with Gasteiger partial charge < -0.3 is 19.5 Å². The van der Waals surface area contributed by atoms with E-state index in [0.29, 0.717) is 24.6 Å². The molecule has 3 aliphatic rings. The van der Waals surface area contributed by atoms with E-state index in [2.05, 4.69) is 5.32 Å². The molecule has 2 bridgehead atoms. The zero-order valence-electron chi connectivity index (χ0n) is 17.9. The third kappa shape index (κ3) is 3.39. The number of nitrogens with zero attached hydrogens (tertiary/aromatic N) is 2. The van der Waals surface area contributed by atoms with Crippen molar-refractivity contribution in [2.45, 2.75) is 50.9 Å². The number of carbonyl (C=O) groups excluding carboxylic acids is 2. The summed E-state index contributed by atoms with van der Waals surface area (Å²) in [4.78, 5) is 41.0. The molecule has 0 radical (unpaired) electrons. The molecule has 1 saturated heterocycles. The average Bonchev–Trinajstić information content (AvgIpc) is 3.02. The van der Waals surface area contributed by atoms with Crippen molar-refractivity contribution in [3.8, 4) is 5.75 Å². The fourth-order valence-corrected chi connectivity index (χ4v) is 5.54. The van der Waals surface area contributed by atoms with E-state index in [1.54, 1.807) is 4.57 Å². The molecular weight excluding hydrogens is 439 g/mol. The van der Waals surface area contributed by atoms with Gasteiger partial charge in [-0.1, -0.05) is 6.42 Å². The van der Waals surface area contributed by atoms with Gasteiger partial charge in [0, 0.05) is 43.0 Å². The maximum absolute atomic E-state index is 13.9. The van der Waals surface area contributed by atoms with E-state index >= 15 is 0 Å². The number of hydrogen-bond donors (Lipinski definition) is 1. The minimum atomic E-state index is -1.15. The number of halogens is 3. The molecule has 10 heteroatoms. The van der Waals surface area contributed by atoms with Crippen molar-refractivity contribution in [3.05, 3.63) is 62.8 Å². The highest BCUT2D eigenvalue weighted by atomic mass is 19.1. The van der Waals surface area contributed by atoms with Gasteiger partial charge in [0.05, 0.1) is 13.2 Å². The smallest absolute Gasteiger partial charge is 0.275 e. The molecule has 1 saturated carbocycles. The molecule has 2 aliphatic heterocycles. The van der Waals surface area contributed by atoms with Gasteiger partial charge in [-0.05, 0) is 25.2 Å². The second-order valence-electron chi connectivity index (χ2n) is 8.80. The highest BCUT2D eigenvalue weighted by molar-refractivity contribution is 5.99. The first-order chi connectivity index (χ1) is 15.8. The molecule has 5 rings (SSSR count). The number of methoxy groups -OCH3 is 1. The molecular formula is C23H22F3N3O4. The Hall–Kier alpha value is -3.30. The van der Waals surface area contributed by atoms with Gasteiger partial charge in [0.25, 0.3) is 11.8 Å². The third-order valence-corrected chi connectivity index (χ3v) is 7.02. The number of fused-ring (bicyclic) bond motifs is 6. The summed E-state index contributed by atoms with van der Waals surface area (Å²) >= 11 is 0. The molecule has 33 heavy (non-hydrogen) atoms. The number of nitrogens with one attached hydrogen (secondary N) is 1. The largest absolute Gasteiger partial charge is 0.491 e. The molecule has 3 heterocycles. The number of aromatic nitrogens is 1. The molecule has 174 valence electrons. The molecule has 7 nitrogen and oxygen atoms in total. The monoisotopic (exact) mass is 461 g/mol. The maximum Gasteiger partial charge on any atom is 0.275 e. The molecule has 1 N–H and O–H groups in total. The van der Waals surface area contributed by atoms with E-state index in [4.69, 9.17) is 4.74 Å². The summed E-state index contributed by atoms with van der Waals surface area (Å²) < 4.78 is 47.8. The number of pyridine rings is 1. The first kappa shape index (κ1) is 21.5. The van der Waals surface area contributed by atoms with Crippen molar-refractivity contribution < 1.29 is 27.5 Å². The Kier molecular flexibility index (Phi) is 5.18. The van der Waals surface area contributed by atoms with Gasteiger partial charge in [-0.2, -0.15) is 0 Å². The van der Waals surface area contributed by atoms with Crippen LogP contribution in [-0.4, -0.2) is 40.5 Å². The molecule has 1 aliphatic carbocycles. The van der Waals surface area contributed by atoms with Crippen LogP contribution in [0, 0.1) is 23.4 Å². The van der Waals surface area contributed by atoms with Crippen molar-refractivity contribution in [2.24, 2.45) is 5.92 Å². The summed E-state index contributed by atoms with van der Waals surface area (Å²) in [6.07, 6.45) is 5.25. The number of ether oxygens (including phenoxy) is 1. The van der Waals surface area contributed by atoms with Gasteiger partial charge in [0.1, 0.15) is 23.0 Å². The van der Waals surface area contributed by atoms with Crippen LogP contribution in [0.1, 0.15) is 52.1 Å². The van der Waals surface area contributed by atoms with E-state index in [9.17, 15) is 27.6 Å². The van der Waals surface area contributed by atoms with Gasteiger partial charge >= 0.3 is 0 Å². The van der Waals surface area contributed by atoms with Gasteiger partial charge in [0.2, 0.25) is 5.43 Å². The summed E-state index contributed by atoms with van der Waals surface area (Å²) in [5, 5.41) is 2.30. The zero-order valence-corrected chi connectivity index (χ0v) is 17.9. The van der Waals surface area contributed by atoms with Gasteiger partial charge in [-0.3, -0.25) is 14.4 Å². The Morgan fingerprint density at radius 1 is 1.18 bits per heavy atom. The third-order valence-electron chi connectivity index (χ3n) is 7.02. The van der Waals surface area contributed by atoms with Crippen LogP contribution in [0.4, 0.5) is 13.2 Å². The highest BCUT2D eigenvalue weighted by Crippen LogP contribution is 2.44. The van der Waals surface area contributed by atoms with Gasteiger partial charge in [-0.15, -0.1) is 0 Å². The number of hydrogen-bond acceptors (Lipinski definition) is 4. The number of benzene rings is 1. The quantitative estimate of drug-likeness (QED) is 0.759. The molecule has 2 fully saturated rings. The van der Waals surface area contributed by atoms with Crippen LogP contribution in [0.2, 0.25) is 0 Å². The summed E-state index contributed by atoms with van der Waals surface area (Å²) in [5.74, 6) is -4.39. The molecule has 1 aromatic carbocycles. The Morgan fingerprint density at radius 2 is 1.91 bits per heavy atom. The predicted octanol–water partition coefficient (Wildman–Crippen LogP) is 2.60. The minimum absolute atomic E-state index is 0.0111. The minimum Gasteiger partial charge on any atom is -0.491 e. The average molecular weight is 461 g/mol. The standard InChI is InChI=1S/C23H22F3N3O4/c1-33-21-19-23(32)29-13-4-2-3-11(5-13)18(29)10-28(19)9-15(20(21)30)22(31)27-8-14-16(25)6-12(24)7-17(14)26/h6-7,9,11,13,18H,2-5,8,10H2,1H3,(H,27,31). The summed E-state index contributed by atoms with van der Waals surface area (Å²) in [6.45, 7) is -0.153. The Morgan fingerprint density at radius 3 is 2.61 bits per heavy atom. The Labute approximate surface area is 187 Å². The van der Waals surface area contributed by atoms with Crippen molar-refractivity contribution >= 4 is 11.8 Å². The molecule has 3 atom stereocenters. The van der Waals surface area contributed by atoms with Crippen LogP contribution in [0.3, 0.4) is 0 Å². The van der Waals surface area contributed by atoms with Crippen molar-refractivity contribution in [1.29, 1.82) is 0 Å². The van der Waals surface area contributed by atoms with Crippen LogP contribution < -0.4 is 15.5 Å².